The zero-order valence-electron chi connectivity index (χ0n) is 8.48. The molecule has 1 heterocycles. The van der Waals surface area contributed by atoms with Gasteiger partial charge in [-0.25, -0.2) is 0 Å². The Kier molecular flexibility index (Phi) is 2.75. The summed E-state index contributed by atoms with van der Waals surface area (Å²) in [6, 6.07) is 0.656. The zero-order chi connectivity index (χ0) is 10.0. The molecule has 5 heteroatoms. The van der Waals surface area contributed by atoms with Crippen molar-refractivity contribution >= 4 is 0 Å². The molecule has 0 aliphatic rings. The minimum atomic E-state index is 0.0753. The van der Waals surface area contributed by atoms with Crippen LogP contribution in [-0.4, -0.2) is 12.1 Å². The second-order valence-electron chi connectivity index (χ2n) is 3.55. The monoisotopic (exact) mass is 184 g/mol. The van der Waals surface area contributed by atoms with Crippen LogP contribution in [0.25, 0.3) is 0 Å². The standard InChI is InChI=1S/C8H16N4O/c1-6(2)12(7(3)4)11-5-8(9)13-10-11/h5-7,9H,1-4H3. The normalized spacial score (nSPS) is 11.2. The van der Waals surface area contributed by atoms with Crippen LogP contribution in [0.4, 0.5) is 0 Å². The minimum Gasteiger partial charge on any atom is -0.380 e. The van der Waals surface area contributed by atoms with Gasteiger partial charge >= 0.3 is 0 Å². The van der Waals surface area contributed by atoms with E-state index in [9.17, 15) is 0 Å². The third kappa shape index (κ3) is 2.11. The molecule has 74 valence electrons. The molecule has 13 heavy (non-hydrogen) atoms. The van der Waals surface area contributed by atoms with Crippen LogP contribution in [-0.2, 0) is 0 Å². The van der Waals surface area contributed by atoms with Gasteiger partial charge in [0.2, 0.25) is 0 Å². The second kappa shape index (κ2) is 3.64. The Balaban J connectivity index is 2.95. The van der Waals surface area contributed by atoms with E-state index in [-0.39, 0.29) is 5.55 Å². The summed E-state index contributed by atoms with van der Waals surface area (Å²) in [6.45, 7) is 8.30. The van der Waals surface area contributed by atoms with Gasteiger partial charge in [-0.2, -0.15) is 0 Å². The molecule has 1 N–H and O–H groups in total. The quantitative estimate of drug-likeness (QED) is 0.659. The minimum absolute atomic E-state index is 0.0753. The summed E-state index contributed by atoms with van der Waals surface area (Å²) in [5.41, 5.74) is 0.0753. The smallest absolute Gasteiger partial charge is 0.286 e. The van der Waals surface area contributed by atoms with Crippen molar-refractivity contribution in [3.63, 3.8) is 0 Å². The van der Waals surface area contributed by atoms with Gasteiger partial charge in [-0.15, -0.1) is 0 Å². The highest BCUT2D eigenvalue weighted by Crippen LogP contribution is 1.95. The predicted octanol–water partition coefficient (Wildman–Crippen LogP) is -0.241. The van der Waals surface area contributed by atoms with Crippen molar-refractivity contribution in [3.8, 4) is 0 Å². The lowest BCUT2D eigenvalue weighted by atomic mass is 10.3. The maximum Gasteiger partial charge on any atom is 0.286 e. The number of aromatic nitrogens is 2. The molecule has 0 radical (unpaired) electrons. The van der Waals surface area contributed by atoms with Crippen LogP contribution in [0.15, 0.2) is 10.7 Å². The summed E-state index contributed by atoms with van der Waals surface area (Å²) in [5, 5.41) is 13.0. The average Bonchev–Trinajstić information content (AvgIpc) is 2.34. The molecule has 1 aromatic heterocycles. The van der Waals surface area contributed by atoms with E-state index in [4.69, 9.17) is 5.41 Å². The third-order valence-corrected chi connectivity index (χ3v) is 1.75. The first-order valence-electron chi connectivity index (χ1n) is 4.41. The molecule has 1 aromatic rings. The number of hydrogen-bond acceptors (Lipinski definition) is 3. The molecule has 0 atom stereocenters. The molecule has 1 rings (SSSR count). The molecule has 0 aromatic carbocycles. The summed E-state index contributed by atoms with van der Waals surface area (Å²) >= 11 is 0. The van der Waals surface area contributed by atoms with Crippen LogP contribution < -0.4 is 20.6 Å². The lowest BCUT2D eigenvalue weighted by Gasteiger charge is -2.30. The molecule has 0 aliphatic carbocycles. The van der Waals surface area contributed by atoms with Crippen LogP contribution in [0.1, 0.15) is 27.7 Å². The zero-order valence-corrected chi connectivity index (χ0v) is 8.48. The maximum absolute atomic E-state index is 7.21. The van der Waals surface area contributed by atoms with Gasteiger partial charge in [0.05, 0.1) is 0 Å². The molecule has 0 aliphatic heterocycles. The summed E-state index contributed by atoms with van der Waals surface area (Å²) in [6.07, 6.45) is 1.56. The molecular weight excluding hydrogens is 168 g/mol. The second-order valence-corrected chi connectivity index (χ2v) is 3.55. The maximum atomic E-state index is 7.21. The van der Waals surface area contributed by atoms with E-state index < -0.39 is 0 Å². The van der Waals surface area contributed by atoms with Crippen molar-refractivity contribution in [2.45, 2.75) is 39.8 Å². The van der Waals surface area contributed by atoms with E-state index in [2.05, 4.69) is 37.5 Å². The fraction of sp³-hybridized carbons (Fsp3) is 0.750. The lowest BCUT2D eigenvalue weighted by molar-refractivity contribution is -0.769. The van der Waals surface area contributed by atoms with Gasteiger partial charge < -0.3 is 4.52 Å². The van der Waals surface area contributed by atoms with Gasteiger partial charge in [-0.1, -0.05) is 32.5 Å². The highest BCUT2D eigenvalue weighted by molar-refractivity contribution is 4.79. The fourth-order valence-corrected chi connectivity index (χ4v) is 1.42. The Labute approximate surface area is 77.4 Å². The van der Waals surface area contributed by atoms with E-state index in [0.717, 1.165) is 0 Å². The van der Waals surface area contributed by atoms with Crippen LogP contribution in [0.3, 0.4) is 0 Å². The first-order valence-corrected chi connectivity index (χ1v) is 4.41. The molecule has 5 nitrogen and oxygen atoms in total. The summed E-state index contributed by atoms with van der Waals surface area (Å²) in [4.78, 5) is 1.58. The number of hydrogen-bond donors (Lipinski definition) is 1. The average molecular weight is 184 g/mol. The van der Waals surface area contributed by atoms with Gasteiger partial charge in [0.1, 0.15) is 0 Å². The molecule has 0 spiro atoms. The Morgan fingerprint density at radius 1 is 1.38 bits per heavy atom. The van der Waals surface area contributed by atoms with Crippen LogP contribution in [0, 0.1) is 5.41 Å². The van der Waals surface area contributed by atoms with Gasteiger partial charge in [-0.3, -0.25) is 10.4 Å². The predicted molar refractivity (Wildman–Crippen MR) is 46.6 cm³/mol. The Hall–Kier alpha value is -1.26. The summed E-state index contributed by atoms with van der Waals surface area (Å²) in [7, 11) is 0. The van der Waals surface area contributed by atoms with Crippen LogP contribution in [0.2, 0.25) is 0 Å². The molecule has 0 bridgehead atoms. The van der Waals surface area contributed by atoms with Crippen molar-refractivity contribution in [1.82, 2.24) is 5.27 Å². The third-order valence-electron chi connectivity index (χ3n) is 1.75. The van der Waals surface area contributed by atoms with E-state index in [1.807, 2.05) is 5.01 Å². The van der Waals surface area contributed by atoms with E-state index >= 15 is 0 Å². The topological polar surface area (TPSA) is 58.2 Å². The highest BCUT2D eigenvalue weighted by atomic mass is 16.5. The van der Waals surface area contributed by atoms with Crippen LogP contribution in [0.5, 0.6) is 0 Å². The van der Waals surface area contributed by atoms with Crippen molar-refractivity contribution in [2.24, 2.45) is 0 Å². The number of nitrogens with one attached hydrogen (secondary N) is 1. The van der Waals surface area contributed by atoms with Gasteiger partial charge in [-0.05, 0) is 5.27 Å². The largest absolute Gasteiger partial charge is 0.380 e. The molecule has 0 amide bonds. The van der Waals surface area contributed by atoms with Gasteiger partial charge in [0.15, 0.2) is 0 Å². The van der Waals surface area contributed by atoms with E-state index in [1.54, 1.807) is 11.0 Å². The Morgan fingerprint density at radius 2 is 1.92 bits per heavy atom. The molecular formula is C8H16N4O. The lowest BCUT2D eigenvalue weighted by Crippen LogP contribution is -2.66. The summed E-state index contributed by atoms with van der Waals surface area (Å²) in [5.74, 6) is 0. The molecule has 0 saturated carbocycles. The van der Waals surface area contributed by atoms with Crippen molar-refractivity contribution in [3.05, 3.63) is 11.8 Å². The molecule has 0 fully saturated rings. The SMILES string of the molecule is CC(C)N(C(C)C)[n+]1cc(=N)o[n-]1. The fourth-order valence-electron chi connectivity index (χ4n) is 1.42. The van der Waals surface area contributed by atoms with Crippen molar-refractivity contribution < 1.29 is 9.31 Å². The molecule has 0 saturated heterocycles. The highest BCUT2D eigenvalue weighted by Gasteiger charge is 2.15. The van der Waals surface area contributed by atoms with E-state index in [0.29, 0.717) is 12.1 Å². The first-order chi connectivity index (χ1) is 6.02. The Bertz CT molecular complexity index is 304. The van der Waals surface area contributed by atoms with E-state index in [1.165, 1.54) is 0 Å². The van der Waals surface area contributed by atoms with Gasteiger partial charge in [0.25, 0.3) is 11.8 Å². The first kappa shape index (κ1) is 9.83. The van der Waals surface area contributed by atoms with Crippen LogP contribution >= 0.6 is 0 Å². The van der Waals surface area contributed by atoms with Gasteiger partial charge in [0, 0.05) is 12.1 Å². The van der Waals surface area contributed by atoms with Crippen molar-refractivity contribution in [1.29, 1.82) is 5.41 Å². The summed E-state index contributed by atoms with van der Waals surface area (Å²) < 4.78 is 4.68. The van der Waals surface area contributed by atoms with Crippen molar-refractivity contribution in [2.75, 3.05) is 5.01 Å². The Morgan fingerprint density at radius 3 is 2.23 bits per heavy atom. The number of rotatable bonds is 3. The number of nitrogens with zero attached hydrogens (tertiary/aromatic N) is 3. The molecule has 0 unspecified atom stereocenters.